The standard InChI is InChI=1S/C22H20F20O8/c23-15(24,19(31,32)33)7-45-3-11(4-46-8-16(25,26)20(34,35)36)49-13(43)1-2-14(44)50-12(5-47-9-17(27,28)21(37,38)39)6-48-10-18(29,30)22(40,41)42/h1-2,11-12H,3-10H2. The second kappa shape index (κ2) is 17.6. The zero-order valence-corrected chi connectivity index (χ0v) is 23.8. The number of esters is 2. The molecule has 0 bridgehead atoms. The molecule has 0 aromatic rings. The minimum atomic E-state index is -6.21. The maximum atomic E-state index is 13.0. The lowest BCUT2D eigenvalue weighted by atomic mass is 10.3. The summed E-state index contributed by atoms with van der Waals surface area (Å²) in [6.07, 6.45) is -29.8. The Hall–Kier alpha value is -2.88. The van der Waals surface area contributed by atoms with Crippen LogP contribution in [0.2, 0.25) is 0 Å². The van der Waals surface area contributed by atoms with E-state index in [0.717, 1.165) is 0 Å². The Bertz CT molecular complexity index is 949. The molecule has 0 aliphatic rings. The van der Waals surface area contributed by atoms with Crippen LogP contribution in [0.1, 0.15) is 0 Å². The van der Waals surface area contributed by atoms with Crippen molar-refractivity contribution in [2.24, 2.45) is 0 Å². The van der Waals surface area contributed by atoms with Gasteiger partial charge in [0.2, 0.25) is 0 Å². The number of ether oxygens (including phenoxy) is 6. The number of hydrogen-bond donors (Lipinski definition) is 0. The van der Waals surface area contributed by atoms with Gasteiger partial charge < -0.3 is 28.4 Å². The molecule has 0 unspecified atom stereocenters. The summed E-state index contributed by atoms with van der Waals surface area (Å²) in [6, 6.07) is 0. The Labute approximate surface area is 264 Å². The Morgan fingerprint density at radius 2 is 0.560 bits per heavy atom. The topological polar surface area (TPSA) is 89.5 Å². The van der Waals surface area contributed by atoms with Gasteiger partial charge in [0.1, 0.15) is 38.6 Å². The minimum Gasteiger partial charge on any atom is -0.454 e. The van der Waals surface area contributed by atoms with Crippen LogP contribution < -0.4 is 0 Å². The van der Waals surface area contributed by atoms with Crippen LogP contribution in [-0.2, 0) is 38.0 Å². The van der Waals surface area contributed by atoms with Gasteiger partial charge in [0, 0.05) is 12.2 Å². The van der Waals surface area contributed by atoms with Gasteiger partial charge in [-0.25, -0.2) is 9.59 Å². The van der Waals surface area contributed by atoms with E-state index in [9.17, 15) is 97.4 Å². The normalized spacial score (nSPS) is 14.6. The van der Waals surface area contributed by atoms with E-state index in [1.165, 1.54) is 0 Å². The van der Waals surface area contributed by atoms with Crippen molar-refractivity contribution in [3.05, 3.63) is 12.2 Å². The van der Waals surface area contributed by atoms with Crippen molar-refractivity contribution in [3.63, 3.8) is 0 Å². The summed E-state index contributed by atoms with van der Waals surface area (Å²) in [5.74, 6) is -26.1. The van der Waals surface area contributed by atoms with E-state index in [1.807, 2.05) is 0 Å². The van der Waals surface area contributed by atoms with Gasteiger partial charge in [-0.2, -0.15) is 87.8 Å². The molecule has 0 saturated heterocycles. The van der Waals surface area contributed by atoms with Crippen LogP contribution in [0.3, 0.4) is 0 Å². The van der Waals surface area contributed by atoms with Gasteiger partial charge in [-0.15, -0.1) is 0 Å². The number of carbonyl (C=O) groups excluding carboxylic acids is 2. The zero-order chi connectivity index (χ0) is 39.6. The lowest BCUT2D eigenvalue weighted by Crippen LogP contribution is -2.43. The summed E-state index contributed by atoms with van der Waals surface area (Å²) in [7, 11) is 0. The van der Waals surface area contributed by atoms with Crippen LogP contribution in [-0.4, -0.2) is 125 Å². The molecule has 0 aromatic carbocycles. The summed E-state index contributed by atoms with van der Waals surface area (Å²) in [5.41, 5.74) is 0. The first-order valence-electron chi connectivity index (χ1n) is 12.3. The quantitative estimate of drug-likeness (QED) is 0.0817. The van der Waals surface area contributed by atoms with E-state index in [4.69, 9.17) is 0 Å². The highest BCUT2D eigenvalue weighted by atomic mass is 19.4. The second-order valence-corrected chi connectivity index (χ2v) is 9.32. The van der Waals surface area contributed by atoms with Gasteiger partial charge in [0.25, 0.3) is 0 Å². The van der Waals surface area contributed by atoms with Crippen molar-refractivity contribution in [1.82, 2.24) is 0 Å². The molecule has 0 fully saturated rings. The minimum absolute atomic E-state index is 0.0989. The van der Waals surface area contributed by atoms with E-state index < -0.39 is 125 Å². The Balaban J connectivity index is 5.64. The van der Waals surface area contributed by atoms with Crippen LogP contribution in [0, 0.1) is 0 Å². The van der Waals surface area contributed by atoms with E-state index in [-0.39, 0.29) is 12.2 Å². The first-order valence-corrected chi connectivity index (χ1v) is 12.3. The van der Waals surface area contributed by atoms with Crippen molar-refractivity contribution >= 4 is 11.9 Å². The van der Waals surface area contributed by atoms with Crippen LogP contribution in [0.15, 0.2) is 12.2 Å². The molecule has 8 nitrogen and oxygen atoms in total. The van der Waals surface area contributed by atoms with Crippen molar-refractivity contribution < 1.29 is 126 Å². The first-order chi connectivity index (χ1) is 22.2. The van der Waals surface area contributed by atoms with Crippen LogP contribution in [0.5, 0.6) is 0 Å². The van der Waals surface area contributed by atoms with Crippen molar-refractivity contribution in [2.75, 3.05) is 52.9 Å². The predicted molar refractivity (Wildman–Crippen MR) is 116 cm³/mol. The van der Waals surface area contributed by atoms with Gasteiger partial charge in [-0.05, 0) is 0 Å². The van der Waals surface area contributed by atoms with Gasteiger partial charge in [0.05, 0.1) is 26.4 Å². The Kier molecular flexibility index (Phi) is 16.5. The average molecular weight is 792 g/mol. The van der Waals surface area contributed by atoms with Crippen molar-refractivity contribution in [3.8, 4) is 0 Å². The van der Waals surface area contributed by atoms with E-state index in [1.54, 1.807) is 0 Å². The SMILES string of the molecule is O=C(C=CC(=O)OC(COCC(F)(F)C(F)(F)F)COCC(F)(F)C(F)(F)F)OC(COCC(F)(F)C(F)(F)F)COCC(F)(F)C(F)(F)F. The molecule has 0 heterocycles. The van der Waals surface area contributed by atoms with E-state index in [0.29, 0.717) is 0 Å². The third-order valence-corrected chi connectivity index (χ3v) is 4.93. The highest BCUT2D eigenvalue weighted by Gasteiger charge is 2.60. The molecule has 0 rings (SSSR count). The second-order valence-electron chi connectivity index (χ2n) is 9.32. The number of carbonyl (C=O) groups is 2. The van der Waals surface area contributed by atoms with Gasteiger partial charge in [-0.3, -0.25) is 0 Å². The summed E-state index contributed by atoms with van der Waals surface area (Å²) >= 11 is 0. The average Bonchev–Trinajstić information content (AvgIpc) is 2.88. The fourth-order valence-corrected chi connectivity index (χ4v) is 2.38. The van der Waals surface area contributed by atoms with Gasteiger partial charge in [0.15, 0.2) is 0 Å². The number of alkyl halides is 20. The fourth-order valence-electron chi connectivity index (χ4n) is 2.38. The van der Waals surface area contributed by atoms with Gasteiger partial charge in [-0.1, -0.05) is 0 Å². The van der Waals surface area contributed by atoms with Crippen LogP contribution >= 0.6 is 0 Å². The maximum Gasteiger partial charge on any atom is 0.455 e. The molecule has 0 atom stereocenters. The Morgan fingerprint density at radius 3 is 0.720 bits per heavy atom. The lowest BCUT2D eigenvalue weighted by molar-refractivity contribution is -0.301. The molecule has 0 N–H and O–H groups in total. The third-order valence-electron chi connectivity index (χ3n) is 4.93. The summed E-state index contributed by atoms with van der Waals surface area (Å²) < 4.78 is 276. The number of halogens is 20. The van der Waals surface area contributed by atoms with E-state index >= 15 is 0 Å². The predicted octanol–water partition coefficient (Wildman–Crippen LogP) is 6.22. The van der Waals surface area contributed by atoms with Crippen molar-refractivity contribution in [2.45, 2.75) is 60.6 Å². The largest absolute Gasteiger partial charge is 0.455 e. The van der Waals surface area contributed by atoms with Crippen LogP contribution in [0.25, 0.3) is 0 Å². The molecule has 28 heteroatoms. The maximum absolute atomic E-state index is 13.0. The monoisotopic (exact) mass is 792 g/mol. The highest BCUT2D eigenvalue weighted by molar-refractivity contribution is 5.91. The summed E-state index contributed by atoms with van der Waals surface area (Å²) in [6.45, 7) is -16.5. The smallest absolute Gasteiger partial charge is 0.454 e. The summed E-state index contributed by atoms with van der Waals surface area (Å²) in [5, 5.41) is 0. The van der Waals surface area contributed by atoms with Crippen molar-refractivity contribution in [1.29, 1.82) is 0 Å². The number of hydrogen-bond acceptors (Lipinski definition) is 8. The molecule has 0 aromatic heterocycles. The zero-order valence-electron chi connectivity index (χ0n) is 23.8. The van der Waals surface area contributed by atoms with Gasteiger partial charge >= 0.3 is 60.3 Å². The number of rotatable bonds is 20. The molecule has 0 saturated carbocycles. The molecule has 50 heavy (non-hydrogen) atoms. The molecule has 0 aliphatic carbocycles. The van der Waals surface area contributed by atoms with Crippen LogP contribution in [0.4, 0.5) is 87.8 Å². The summed E-state index contributed by atoms with van der Waals surface area (Å²) in [4.78, 5) is 23.8. The molecule has 0 spiro atoms. The Morgan fingerprint density at radius 1 is 0.380 bits per heavy atom. The molecular formula is C22H20F20O8. The molecule has 0 radical (unpaired) electrons. The lowest BCUT2D eigenvalue weighted by Gasteiger charge is -2.23. The van der Waals surface area contributed by atoms with E-state index in [2.05, 4.69) is 28.4 Å². The third kappa shape index (κ3) is 16.0. The molecular weight excluding hydrogens is 772 g/mol. The molecule has 0 amide bonds. The molecule has 0 aliphatic heterocycles. The first kappa shape index (κ1) is 47.1. The molecule has 296 valence electrons. The fraction of sp³-hybridized carbons (Fsp3) is 0.818. The highest BCUT2D eigenvalue weighted by Crippen LogP contribution is 2.38.